The number of hydrogen-bond acceptors (Lipinski definition) is 4. The number of benzene rings is 2. The minimum atomic E-state index is -3.63. The number of primary sulfonamides is 1. The molecule has 0 spiro atoms. The summed E-state index contributed by atoms with van der Waals surface area (Å²) in [7, 11) is -3.63. The second-order valence-corrected chi connectivity index (χ2v) is 8.54. The van der Waals surface area contributed by atoms with Crippen LogP contribution in [0.2, 0.25) is 0 Å². The third-order valence-electron chi connectivity index (χ3n) is 4.65. The Kier molecular flexibility index (Phi) is 7.68. The van der Waals surface area contributed by atoms with E-state index < -0.39 is 15.3 Å². The van der Waals surface area contributed by atoms with E-state index in [1.165, 1.54) is 0 Å². The van der Waals surface area contributed by atoms with Crippen molar-refractivity contribution in [1.82, 2.24) is 0 Å². The van der Waals surface area contributed by atoms with Crippen molar-refractivity contribution < 1.29 is 17.9 Å². The number of sulfonamides is 1. The summed E-state index contributed by atoms with van der Waals surface area (Å²) >= 11 is 0. The lowest BCUT2D eigenvalue weighted by Gasteiger charge is -2.23. The Bertz CT molecular complexity index is 750. The van der Waals surface area contributed by atoms with Gasteiger partial charge >= 0.3 is 0 Å². The summed E-state index contributed by atoms with van der Waals surface area (Å²) in [5.41, 5.74) is 2.12. The summed E-state index contributed by atoms with van der Waals surface area (Å²) in [6.07, 6.45) is 1.24. The van der Waals surface area contributed by atoms with Crippen LogP contribution in [-0.2, 0) is 22.9 Å². The summed E-state index contributed by atoms with van der Waals surface area (Å²) in [6.45, 7) is 6.79. The molecule has 0 aromatic heterocycles. The van der Waals surface area contributed by atoms with Gasteiger partial charge in [0.15, 0.2) is 0 Å². The van der Waals surface area contributed by atoms with Gasteiger partial charge in [0.1, 0.15) is 11.5 Å². The van der Waals surface area contributed by atoms with Crippen LogP contribution < -0.4 is 14.6 Å². The zero-order valence-electron chi connectivity index (χ0n) is 16.2. The summed E-state index contributed by atoms with van der Waals surface area (Å²) in [4.78, 5) is 0. The van der Waals surface area contributed by atoms with Gasteiger partial charge in [-0.1, -0.05) is 24.3 Å². The Hall–Kier alpha value is -2.05. The van der Waals surface area contributed by atoms with E-state index in [0.29, 0.717) is 26.1 Å². The fraction of sp³-hybridized carbons (Fsp3) is 0.429. The number of hydrogen-bond donors (Lipinski definition) is 1. The predicted molar refractivity (Wildman–Crippen MR) is 109 cm³/mol. The molecule has 0 heterocycles. The van der Waals surface area contributed by atoms with Crippen LogP contribution in [0.3, 0.4) is 0 Å². The van der Waals surface area contributed by atoms with Gasteiger partial charge in [-0.05, 0) is 74.9 Å². The van der Waals surface area contributed by atoms with Crippen molar-refractivity contribution in [3.05, 3.63) is 59.7 Å². The second-order valence-electron chi connectivity index (χ2n) is 6.62. The number of ether oxygens (including phenoxy) is 2. The van der Waals surface area contributed by atoms with Crippen molar-refractivity contribution in [2.75, 3.05) is 13.2 Å². The smallest absolute Gasteiger partial charge is 0.211 e. The molecule has 148 valence electrons. The molecule has 0 amide bonds. The first-order valence-electron chi connectivity index (χ1n) is 9.28. The molecule has 6 heteroatoms. The lowest BCUT2D eigenvalue weighted by atomic mass is 9.90. The molecule has 1 atom stereocenters. The van der Waals surface area contributed by atoms with Crippen molar-refractivity contribution in [3.8, 4) is 11.5 Å². The third kappa shape index (κ3) is 6.56. The normalized spacial score (nSPS) is 12.8. The van der Waals surface area contributed by atoms with E-state index in [0.717, 1.165) is 22.6 Å². The molecular formula is C21H29NO4S. The van der Waals surface area contributed by atoms with E-state index in [2.05, 4.69) is 0 Å². The van der Waals surface area contributed by atoms with Crippen molar-refractivity contribution in [2.45, 2.75) is 38.9 Å². The van der Waals surface area contributed by atoms with Gasteiger partial charge in [0.2, 0.25) is 10.0 Å². The lowest BCUT2D eigenvalue weighted by Crippen LogP contribution is -2.35. The van der Waals surface area contributed by atoms with Gasteiger partial charge in [-0.15, -0.1) is 0 Å². The van der Waals surface area contributed by atoms with Crippen LogP contribution in [0.25, 0.3) is 0 Å². The van der Waals surface area contributed by atoms with Crippen molar-refractivity contribution in [3.63, 3.8) is 0 Å². The van der Waals surface area contributed by atoms with E-state index in [9.17, 15) is 8.42 Å². The van der Waals surface area contributed by atoms with Gasteiger partial charge in [-0.25, -0.2) is 13.6 Å². The minimum Gasteiger partial charge on any atom is -0.494 e. The summed E-state index contributed by atoms with van der Waals surface area (Å²) < 4.78 is 34.9. The molecule has 0 radical (unpaired) electrons. The largest absolute Gasteiger partial charge is 0.494 e. The standard InChI is InChI=1S/C21H29NO4S/c1-4-25-20-10-6-17(7-11-20)14-19(16(3)27(22,23)24)15-18-8-12-21(13-9-18)26-5-2/h6-13,16,19H,4-5,14-15H2,1-3H3,(H2,22,23,24). The molecular weight excluding hydrogens is 362 g/mol. The van der Waals surface area contributed by atoms with E-state index >= 15 is 0 Å². The molecule has 0 aliphatic rings. The highest BCUT2D eigenvalue weighted by Crippen LogP contribution is 2.24. The highest BCUT2D eigenvalue weighted by molar-refractivity contribution is 7.89. The van der Waals surface area contributed by atoms with Gasteiger partial charge < -0.3 is 9.47 Å². The molecule has 0 bridgehead atoms. The fourth-order valence-electron chi connectivity index (χ4n) is 3.05. The van der Waals surface area contributed by atoms with Crippen LogP contribution in [0, 0.1) is 5.92 Å². The van der Waals surface area contributed by atoms with Crippen LogP contribution in [0.15, 0.2) is 48.5 Å². The summed E-state index contributed by atoms with van der Waals surface area (Å²) in [5.74, 6) is 1.49. The summed E-state index contributed by atoms with van der Waals surface area (Å²) in [6, 6.07) is 15.6. The lowest BCUT2D eigenvalue weighted by molar-refractivity contribution is 0.340. The van der Waals surface area contributed by atoms with E-state index in [1.54, 1.807) is 6.92 Å². The molecule has 27 heavy (non-hydrogen) atoms. The van der Waals surface area contributed by atoms with E-state index in [-0.39, 0.29) is 5.92 Å². The Morgan fingerprint density at radius 3 is 1.48 bits per heavy atom. The van der Waals surface area contributed by atoms with Crippen LogP contribution in [0.1, 0.15) is 31.9 Å². The molecule has 0 fully saturated rings. The Balaban J connectivity index is 2.18. The fourth-order valence-corrected chi connectivity index (χ4v) is 3.78. The van der Waals surface area contributed by atoms with E-state index in [1.807, 2.05) is 62.4 Å². The van der Waals surface area contributed by atoms with Gasteiger partial charge in [0, 0.05) is 0 Å². The predicted octanol–water partition coefficient (Wildman–Crippen LogP) is 3.56. The van der Waals surface area contributed by atoms with Crippen LogP contribution in [0.5, 0.6) is 11.5 Å². The van der Waals surface area contributed by atoms with Crippen LogP contribution in [-0.4, -0.2) is 26.9 Å². The van der Waals surface area contributed by atoms with Gasteiger partial charge in [-0.3, -0.25) is 0 Å². The maximum atomic E-state index is 12.0. The van der Waals surface area contributed by atoms with Crippen molar-refractivity contribution >= 4 is 10.0 Å². The highest BCUT2D eigenvalue weighted by atomic mass is 32.2. The van der Waals surface area contributed by atoms with Gasteiger partial charge in [-0.2, -0.15) is 0 Å². The maximum absolute atomic E-state index is 12.0. The molecule has 0 saturated heterocycles. The number of nitrogens with two attached hydrogens (primary N) is 1. The van der Waals surface area contributed by atoms with Crippen LogP contribution >= 0.6 is 0 Å². The average Bonchev–Trinajstić information content (AvgIpc) is 2.63. The van der Waals surface area contributed by atoms with Crippen molar-refractivity contribution in [1.29, 1.82) is 0 Å². The summed E-state index contributed by atoms with van der Waals surface area (Å²) in [5, 5.41) is 4.80. The monoisotopic (exact) mass is 391 g/mol. The Labute approximate surface area is 162 Å². The number of rotatable bonds is 10. The SMILES string of the molecule is CCOc1ccc(CC(Cc2ccc(OCC)cc2)C(C)S(N)(=O)=O)cc1. The minimum absolute atomic E-state index is 0.129. The second kappa shape index (κ2) is 9.76. The Morgan fingerprint density at radius 2 is 1.19 bits per heavy atom. The topological polar surface area (TPSA) is 78.6 Å². The molecule has 0 saturated carbocycles. The highest BCUT2D eigenvalue weighted by Gasteiger charge is 2.27. The Morgan fingerprint density at radius 1 is 0.815 bits per heavy atom. The van der Waals surface area contributed by atoms with Crippen molar-refractivity contribution in [2.24, 2.45) is 11.1 Å². The zero-order chi connectivity index (χ0) is 19.9. The zero-order valence-corrected chi connectivity index (χ0v) is 17.0. The molecule has 2 rings (SSSR count). The molecule has 0 aliphatic carbocycles. The molecule has 1 unspecified atom stereocenters. The first-order chi connectivity index (χ1) is 12.8. The first kappa shape index (κ1) is 21.3. The van der Waals surface area contributed by atoms with E-state index in [4.69, 9.17) is 14.6 Å². The molecule has 5 nitrogen and oxygen atoms in total. The molecule has 2 aromatic rings. The quantitative estimate of drug-likeness (QED) is 0.672. The van der Waals surface area contributed by atoms with Gasteiger partial charge in [0.25, 0.3) is 0 Å². The first-order valence-corrected chi connectivity index (χ1v) is 10.9. The van der Waals surface area contributed by atoms with Crippen LogP contribution in [0.4, 0.5) is 0 Å². The van der Waals surface area contributed by atoms with Gasteiger partial charge in [0.05, 0.1) is 18.5 Å². The maximum Gasteiger partial charge on any atom is 0.211 e. The molecule has 2 aromatic carbocycles. The third-order valence-corrected chi connectivity index (χ3v) is 6.07. The molecule has 0 aliphatic heterocycles. The average molecular weight is 392 g/mol. The molecule has 2 N–H and O–H groups in total.